The summed E-state index contributed by atoms with van der Waals surface area (Å²) in [4.78, 5) is 12.1. The molecule has 1 aromatic rings. The van der Waals surface area contributed by atoms with Crippen molar-refractivity contribution in [1.82, 2.24) is 5.32 Å². The summed E-state index contributed by atoms with van der Waals surface area (Å²) in [5.74, 6) is 0.417. The van der Waals surface area contributed by atoms with Crippen LogP contribution in [0.3, 0.4) is 0 Å². The van der Waals surface area contributed by atoms with Gasteiger partial charge in [0, 0.05) is 27.0 Å². The molecule has 1 amide bonds. The molecule has 1 aliphatic carbocycles. The molecule has 18 heavy (non-hydrogen) atoms. The predicted octanol–water partition coefficient (Wildman–Crippen LogP) is 4.29. The zero-order chi connectivity index (χ0) is 13.1. The summed E-state index contributed by atoms with van der Waals surface area (Å²) >= 11 is 15.3. The molecule has 1 saturated carbocycles. The zero-order valence-corrected chi connectivity index (χ0v) is 12.9. The molecule has 1 aliphatic rings. The SMILES string of the molecule is O=C(NC1CCCC1CBr)c1cc(Cl)cc(Cl)c1. The number of alkyl halides is 1. The summed E-state index contributed by atoms with van der Waals surface area (Å²) in [6.07, 6.45) is 3.36. The number of halogens is 3. The second kappa shape index (κ2) is 6.27. The van der Waals surface area contributed by atoms with Crippen LogP contribution in [0, 0.1) is 5.92 Å². The number of amides is 1. The number of rotatable bonds is 3. The van der Waals surface area contributed by atoms with E-state index < -0.39 is 0 Å². The Kier molecular flexibility index (Phi) is 4.93. The first-order valence-corrected chi connectivity index (χ1v) is 7.81. The van der Waals surface area contributed by atoms with E-state index in [1.165, 1.54) is 0 Å². The Bertz CT molecular complexity index is 432. The lowest BCUT2D eigenvalue weighted by atomic mass is 10.1. The van der Waals surface area contributed by atoms with Crippen molar-refractivity contribution in [2.45, 2.75) is 25.3 Å². The molecule has 0 heterocycles. The van der Waals surface area contributed by atoms with Gasteiger partial charge in [0.05, 0.1) is 0 Å². The van der Waals surface area contributed by atoms with Crippen molar-refractivity contribution in [2.75, 3.05) is 5.33 Å². The molecule has 2 unspecified atom stereocenters. The fourth-order valence-electron chi connectivity index (χ4n) is 2.35. The molecule has 2 rings (SSSR count). The highest BCUT2D eigenvalue weighted by Crippen LogP contribution is 2.27. The van der Waals surface area contributed by atoms with Crippen LogP contribution in [0.25, 0.3) is 0 Å². The largest absolute Gasteiger partial charge is 0.349 e. The highest BCUT2D eigenvalue weighted by atomic mass is 79.9. The Morgan fingerprint density at radius 2 is 1.94 bits per heavy atom. The third-order valence-corrected chi connectivity index (χ3v) is 4.57. The van der Waals surface area contributed by atoms with Crippen LogP contribution in [0.4, 0.5) is 0 Å². The minimum Gasteiger partial charge on any atom is -0.349 e. The fraction of sp³-hybridized carbons (Fsp3) is 0.462. The molecule has 0 radical (unpaired) electrons. The number of hydrogen-bond donors (Lipinski definition) is 1. The zero-order valence-electron chi connectivity index (χ0n) is 9.76. The van der Waals surface area contributed by atoms with Gasteiger partial charge in [-0.25, -0.2) is 0 Å². The molecular weight excluding hydrogens is 337 g/mol. The lowest BCUT2D eigenvalue weighted by Crippen LogP contribution is -2.37. The first-order valence-electron chi connectivity index (χ1n) is 5.93. The topological polar surface area (TPSA) is 29.1 Å². The number of nitrogens with one attached hydrogen (secondary N) is 1. The highest BCUT2D eigenvalue weighted by Gasteiger charge is 2.27. The lowest BCUT2D eigenvalue weighted by molar-refractivity contribution is 0.0930. The van der Waals surface area contributed by atoms with Crippen molar-refractivity contribution in [1.29, 1.82) is 0 Å². The monoisotopic (exact) mass is 349 g/mol. The van der Waals surface area contributed by atoms with Gasteiger partial charge in [-0.15, -0.1) is 0 Å². The van der Waals surface area contributed by atoms with E-state index in [1.54, 1.807) is 18.2 Å². The van der Waals surface area contributed by atoms with E-state index in [1.807, 2.05) is 0 Å². The summed E-state index contributed by atoms with van der Waals surface area (Å²) in [7, 11) is 0. The van der Waals surface area contributed by atoms with Crippen LogP contribution in [-0.4, -0.2) is 17.3 Å². The average Bonchev–Trinajstić information content (AvgIpc) is 2.75. The van der Waals surface area contributed by atoms with Gasteiger partial charge in [-0.1, -0.05) is 45.6 Å². The maximum Gasteiger partial charge on any atom is 0.251 e. The van der Waals surface area contributed by atoms with E-state index >= 15 is 0 Å². The Morgan fingerprint density at radius 3 is 2.56 bits per heavy atom. The van der Waals surface area contributed by atoms with Gasteiger partial charge < -0.3 is 5.32 Å². The molecule has 2 atom stereocenters. The summed E-state index contributed by atoms with van der Waals surface area (Å²) in [5.41, 5.74) is 0.521. The van der Waals surface area contributed by atoms with Crippen molar-refractivity contribution >= 4 is 45.0 Å². The number of carbonyl (C=O) groups excluding carboxylic acids is 1. The molecule has 0 spiro atoms. The maximum atomic E-state index is 12.1. The van der Waals surface area contributed by atoms with Crippen LogP contribution >= 0.6 is 39.1 Å². The molecule has 0 bridgehead atoms. The van der Waals surface area contributed by atoms with Gasteiger partial charge in [0.2, 0.25) is 0 Å². The molecule has 5 heteroatoms. The van der Waals surface area contributed by atoms with Gasteiger partial charge in [-0.05, 0) is 37.0 Å². The van der Waals surface area contributed by atoms with Crippen LogP contribution in [0.5, 0.6) is 0 Å². The van der Waals surface area contributed by atoms with Crippen molar-refractivity contribution < 1.29 is 4.79 Å². The van der Waals surface area contributed by atoms with E-state index in [0.717, 1.165) is 24.6 Å². The number of carbonyl (C=O) groups is 1. The number of hydrogen-bond acceptors (Lipinski definition) is 1. The van der Waals surface area contributed by atoms with Gasteiger partial charge in [0.15, 0.2) is 0 Å². The van der Waals surface area contributed by atoms with Crippen molar-refractivity contribution in [3.05, 3.63) is 33.8 Å². The van der Waals surface area contributed by atoms with Gasteiger partial charge in [-0.3, -0.25) is 4.79 Å². The van der Waals surface area contributed by atoms with Crippen molar-refractivity contribution in [3.63, 3.8) is 0 Å². The Hall–Kier alpha value is -0.250. The summed E-state index contributed by atoms with van der Waals surface area (Å²) in [6.45, 7) is 0. The van der Waals surface area contributed by atoms with E-state index in [0.29, 0.717) is 21.5 Å². The molecule has 98 valence electrons. The summed E-state index contributed by atoms with van der Waals surface area (Å²) < 4.78 is 0. The van der Waals surface area contributed by atoms with Gasteiger partial charge >= 0.3 is 0 Å². The van der Waals surface area contributed by atoms with Crippen molar-refractivity contribution in [2.24, 2.45) is 5.92 Å². The first-order chi connectivity index (χ1) is 8.60. The van der Waals surface area contributed by atoms with Gasteiger partial charge in [0.25, 0.3) is 5.91 Å². The van der Waals surface area contributed by atoms with Crippen LogP contribution < -0.4 is 5.32 Å². The third-order valence-electron chi connectivity index (χ3n) is 3.30. The van der Waals surface area contributed by atoms with E-state index in [-0.39, 0.29) is 11.9 Å². The van der Waals surface area contributed by atoms with Crippen LogP contribution in [0.15, 0.2) is 18.2 Å². The van der Waals surface area contributed by atoms with Crippen LogP contribution in [-0.2, 0) is 0 Å². The minimum absolute atomic E-state index is 0.0998. The summed E-state index contributed by atoms with van der Waals surface area (Å²) in [6, 6.07) is 5.15. The lowest BCUT2D eigenvalue weighted by Gasteiger charge is -2.19. The molecule has 0 aliphatic heterocycles. The molecule has 0 saturated heterocycles. The summed E-state index contributed by atoms with van der Waals surface area (Å²) in [5, 5.41) is 4.95. The number of benzene rings is 1. The Balaban J connectivity index is 2.07. The fourth-order valence-corrected chi connectivity index (χ4v) is 3.65. The first kappa shape index (κ1) is 14.2. The van der Waals surface area contributed by atoms with E-state index in [2.05, 4.69) is 21.2 Å². The highest BCUT2D eigenvalue weighted by molar-refractivity contribution is 9.09. The van der Waals surface area contributed by atoms with E-state index in [9.17, 15) is 4.79 Å². The van der Waals surface area contributed by atoms with Crippen LogP contribution in [0.2, 0.25) is 10.0 Å². The average molecular weight is 351 g/mol. The molecule has 0 aromatic heterocycles. The standard InChI is InChI=1S/C13H14BrCl2NO/c14-7-8-2-1-3-12(8)17-13(18)9-4-10(15)6-11(16)5-9/h4-6,8,12H,1-3,7H2,(H,17,18). The smallest absolute Gasteiger partial charge is 0.251 e. The van der Waals surface area contributed by atoms with E-state index in [4.69, 9.17) is 23.2 Å². The van der Waals surface area contributed by atoms with Gasteiger partial charge in [-0.2, -0.15) is 0 Å². The Morgan fingerprint density at radius 1 is 1.28 bits per heavy atom. The third kappa shape index (κ3) is 3.40. The second-order valence-corrected chi connectivity index (χ2v) is 6.10. The normalized spacial score (nSPS) is 23.1. The maximum absolute atomic E-state index is 12.1. The predicted molar refractivity (Wildman–Crippen MR) is 78.9 cm³/mol. The molecule has 2 nitrogen and oxygen atoms in total. The van der Waals surface area contributed by atoms with Crippen molar-refractivity contribution in [3.8, 4) is 0 Å². The van der Waals surface area contributed by atoms with Gasteiger partial charge in [0.1, 0.15) is 0 Å². The quantitative estimate of drug-likeness (QED) is 0.809. The van der Waals surface area contributed by atoms with Crippen LogP contribution in [0.1, 0.15) is 29.6 Å². The molecular formula is C13H14BrCl2NO. The molecule has 1 aromatic carbocycles. The second-order valence-electron chi connectivity index (χ2n) is 4.58. The minimum atomic E-state index is -0.0998. The molecule has 1 fully saturated rings. The molecule has 1 N–H and O–H groups in total. The Labute approximate surface area is 125 Å².